The zero-order chi connectivity index (χ0) is 9.35. The molecule has 1 aliphatic rings. The van der Waals surface area contributed by atoms with E-state index in [1.807, 2.05) is 32.4 Å². The molecule has 0 N–H and O–H groups in total. The van der Waals surface area contributed by atoms with Crippen LogP contribution in [0.4, 0.5) is 0 Å². The van der Waals surface area contributed by atoms with E-state index in [9.17, 15) is 4.79 Å². The van der Waals surface area contributed by atoms with Crippen LogP contribution in [-0.4, -0.2) is 43.5 Å². The van der Waals surface area contributed by atoms with Crippen LogP contribution in [0, 0.1) is 0 Å². The molecular weight excluding hydrogens is 152 g/mol. The van der Waals surface area contributed by atoms with Gasteiger partial charge in [0, 0.05) is 20.2 Å². The van der Waals surface area contributed by atoms with Crippen molar-refractivity contribution in [3.63, 3.8) is 0 Å². The predicted octanol–water partition coefficient (Wildman–Crippen LogP) is 0.562. The van der Waals surface area contributed by atoms with Gasteiger partial charge in [0.05, 0.1) is 14.1 Å². The topological polar surface area (TPSA) is 20.3 Å². The molecule has 0 saturated heterocycles. The van der Waals surface area contributed by atoms with Crippen LogP contribution in [0.2, 0.25) is 0 Å². The molecule has 0 unspecified atom stereocenters. The summed E-state index contributed by atoms with van der Waals surface area (Å²) in [5, 5.41) is 0. The minimum Gasteiger partial charge on any atom is -0.340 e. The Morgan fingerprint density at radius 2 is 2.00 bits per heavy atom. The molecule has 0 fully saturated rings. The fraction of sp³-hybridized carbons (Fsp3) is 0.444. The summed E-state index contributed by atoms with van der Waals surface area (Å²) in [5.74, 6) is 0.0741. The van der Waals surface area contributed by atoms with Crippen LogP contribution in [0.3, 0.4) is 0 Å². The molecule has 0 radical (unpaired) electrons. The monoisotopic (exact) mass is 167 g/mol. The summed E-state index contributed by atoms with van der Waals surface area (Å²) >= 11 is 0. The van der Waals surface area contributed by atoms with Gasteiger partial charge in [0.25, 0.3) is 0 Å². The van der Waals surface area contributed by atoms with E-state index < -0.39 is 0 Å². The minimum absolute atomic E-state index is 0.0741. The molecular formula is C9H15N2O+. The van der Waals surface area contributed by atoms with Gasteiger partial charge in [-0.2, -0.15) is 0 Å². The van der Waals surface area contributed by atoms with Gasteiger partial charge >= 0.3 is 5.91 Å². The molecule has 1 rings (SSSR count). The second-order valence-electron chi connectivity index (χ2n) is 3.63. The number of carbonyl (C=O) groups excluding carboxylic acids is 1. The molecule has 1 amide bonds. The van der Waals surface area contributed by atoms with Crippen molar-refractivity contribution >= 4 is 5.91 Å². The summed E-state index contributed by atoms with van der Waals surface area (Å²) in [6.07, 6.45) is 5.76. The first-order valence-electron chi connectivity index (χ1n) is 3.90. The van der Waals surface area contributed by atoms with E-state index in [0.717, 1.165) is 5.70 Å². The molecule has 3 nitrogen and oxygen atoms in total. The lowest BCUT2D eigenvalue weighted by atomic mass is 10.3. The van der Waals surface area contributed by atoms with E-state index in [1.54, 1.807) is 19.0 Å². The summed E-state index contributed by atoms with van der Waals surface area (Å²) in [5.41, 5.74) is 0.806. The van der Waals surface area contributed by atoms with Gasteiger partial charge in [0.15, 0.2) is 0 Å². The Labute approximate surface area is 73.2 Å². The van der Waals surface area contributed by atoms with E-state index in [4.69, 9.17) is 0 Å². The zero-order valence-corrected chi connectivity index (χ0v) is 8.03. The van der Waals surface area contributed by atoms with E-state index in [-0.39, 0.29) is 5.91 Å². The first-order valence-corrected chi connectivity index (χ1v) is 3.90. The first-order chi connectivity index (χ1) is 5.45. The number of amides is 1. The quantitative estimate of drug-likeness (QED) is 0.523. The smallest absolute Gasteiger partial charge is 0.307 e. The molecule has 0 bridgehead atoms. The maximum absolute atomic E-state index is 11.6. The molecule has 12 heavy (non-hydrogen) atoms. The molecule has 1 aliphatic heterocycles. The Morgan fingerprint density at radius 1 is 1.42 bits per heavy atom. The molecule has 66 valence electrons. The van der Waals surface area contributed by atoms with Gasteiger partial charge in [-0.15, -0.1) is 0 Å². The number of hydrogen-bond acceptors (Lipinski definition) is 1. The molecule has 0 aromatic carbocycles. The Bertz CT molecular complexity index is 262. The second-order valence-corrected chi connectivity index (χ2v) is 3.63. The van der Waals surface area contributed by atoms with Crippen molar-refractivity contribution in [3.05, 3.63) is 24.0 Å². The normalized spacial score (nSPS) is 19.2. The number of carbonyl (C=O) groups is 1. The number of likely N-dealkylation sites (N-methyl/N-ethyl adjacent to an activating group) is 2. The Kier molecular flexibility index (Phi) is 2.06. The van der Waals surface area contributed by atoms with Crippen molar-refractivity contribution in [2.45, 2.75) is 0 Å². The zero-order valence-electron chi connectivity index (χ0n) is 8.03. The number of hydrogen-bond donors (Lipinski definition) is 0. The van der Waals surface area contributed by atoms with Gasteiger partial charge in [-0.1, -0.05) is 0 Å². The Hall–Kier alpha value is -1.09. The lowest BCUT2D eigenvalue weighted by Crippen LogP contribution is -2.39. The van der Waals surface area contributed by atoms with E-state index in [1.165, 1.54) is 0 Å². The van der Waals surface area contributed by atoms with E-state index >= 15 is 0 Å². The van der Waals surface area contributed by atoms with Crippen LogP contribution in [0.25, 0.3) is 0 Å². The second kappa shape index (κ2) is 2.75. The largest absolute Gasteiger partial charge is 0.340 e. The maximum atomic E-state index is 11.6. The summed E-state index contributed by atoms with van der Waals surface area (Å²) in [6, 6.07) is 0. The van der Waals surface area contributed by atoms with Crippen LogP contribution in [-0.2, 0) is 4.79 Å². The Balaban J connectivity index is 2.87. The standard InChI is InChI=1S/C9H15N2O/c1-10(2)9(12)8-6-5-7-11(8,3)4/h5-7H,1-4H3/q+1. The SMILES string of the molecule is CN(C)C(=O)C1=CC=C[N+]1(C)C. The molecule has 0 atom stereocenters. The average Bonchev–Trinajstić information content (AvgIpc) is 2.27. The van der Waals surface area contributed by atoms with Crippen molar-refractivity contribution in [3.8, 4) is 0 Å². The van der Waals surface area contributed by atoms with Crippen molar-refractivity contribution < 1.29 is 9.28 Å². The molecule has 0 saturated carbocycles. The van der Waals surface area contributed by atoms with E-state index in [2.05, 4.69) is 0 Å². The molecule has 0 aromatic heterocycles. The van der Waals surface area contributed by atoms with Crippen molar-refractivity contribution in [2.75, 3.05) is 28.2 Å². The highest BCUT2D eigenvalue weighted by Gasteiger charge is 2.30. The van der Waals surface area contributed by atoms with Crippen LogP contribution >= 0.6 is 0 Å². The fourth-order valence-corrected chi connectivity index (χ4v) is 1.17. The number of rotatable bonds is 1. The van der Waals surface area contributed by atoms with Gasteiger partial charge in [-0.3, -0.25) is 9.28 Å². The number of nitrogens with zero attached hydrogens (tertiary/aromatic N) is 2. The summed E-state index contributed by atoms with van der Waals surface area (Å²) in [6.45, 7) is 0. The third-order valence-corrected chi connectivity index (χ3v) is 1.96. The highest BCUT2D eigenvalue weighted by molar-refractivity contribution is 5.91. The van der Waals surface area contributed by atoms with Gasteiger partial charge < -0.3 is 4.90 Å². The van der Waals surface area contributed by atoms with Crippen LogP contribution in [0.15, 0.2) is 24.0 Å². The van der Waals surface area contributed by atoms with Crippen LogP contribution in [0.1, 0.15) is 0 Å². The molecule has 3 heteroatoms. The van der Waals surface area contributed by atoms with Crippen molar-refractivity contribution in [1.82, 2.24) is 4.90 Å². The summed E-state index contributed by atoms with van der Waals surface area (Å²) in [7, 11) is 7.50. The summed E-state index contributed by atoms with van der Waals surface area (Å²) < 4.78 is 0.539. The first kappa shape index (κ1) is 9.00. The maximum Gasteiger partial charge on any atom is 0.307 e. The van der Waals surface area contributed by atoms with Crippen LogP contribution in [0.5, 0.6) is 0 Å². The van der Waals surface area contributed by atoms with Gasteiger partial charge in [-0.05, 0) is 6.08 Å². The summed E-state index contributed by atoms with van der Waals surface area (Å²) in [4.78, 5) is 13.2. The molecule has 0 spiro atoms. The minimum atomic E-state index is 0.0741. The lowest BCUT2D eigenvalue weighted by Gasteiger charge is -2.24. The molecule has 0 aliphatic carbocycles. The average molecular weight is 167 g/mol. The van der Waals surface area contributed by atoms with Crippen LogP contribution < -0.4 is 0 Å². The van der Waals surface area contributed by atoms with Gasteiger partial charge in [0.2, 0.25) is 5.70 Å². The highest BCUT2D eigenvalue weighted by Crippen LogP contribution is 2.19. The third kappa shape index (κ3) is 1.41. The lowest BCUT2D eigenvalue weighted by molar-refractivity contribution is -0.791. The highest BCUT2D eigenvalue weighted by atomic mass is 16.2. The molecule has 1 heterocycles. The molecule has 0 aromatic rings. The predicted molar refractivity (Wildman–Crippen MR) is 48.0 cm³/mol. The van der Waals surface area contributed by atoms with Gasteiger partial charge in [0.1, 0.15) is 6.20 Å². The van der Waals surface area contributed by atoms with Crippen molar-refractivity contribution in [2.24, 2.45) is 0 Å². The van der Waals surface area contributed by atoms with E-state index in [0.29, 0.717) is 4.48 Å². The number of allylic oxidation sites excluding steroid dienone is 2. The fourth-order valence-electron chi connectivity index (χ4n) is 1.17. The van der Waals surface area contributed by atoms with Gasteiger partial charge in [-0.25, -0.2) is 0 Å². The Morgan fingerprint density at radius 3 is 2.33 bits per heavy atom. The third-order valence-electron chi connectivity index (χ3n) is 1.96. The van der Waals surface area contributed by atoms with Crippen molar-refractivity contribution in [1.29, 1.82) is 0 Å². The number of quaternary nitrogens is 1.